The SMILES string of the molecule is CC(NC(=O)C(N)C(C)O)C(=O)NC(CC(N)=O)C(=O)O. The number of aliphatic hydroxyl groups is 1. The highest BCUT2D eigenvalue weighted by Gasteiger charge is 2.27. The smallest absolute Gasteiger partial charge is 0.326 e. The van der Waals surface area contributed by atoms with Crippen molar-refractivity contribution in [1.82, 2.24) is 10.6 Å². The molecule has 0 spiro atoms. The number of carbonyl (C=O) groups is 4. The van der Waals surface area contributed by atoms with Crippen LogP contribution in [0.25, 0.3) is 0 Å². The van der Waals surface area contributed by atoms with Gasteiger partial charge in [-0.1, -0.05) is 0 Å². The molecule has 0 aliphatic rings. The first-order valence-corrected chi connectivity index (χ1v) is 6.11. The van der Waals surface area contributed by atoms with E-state index in [9.17, 15) is 19.2 Å². The van der Waals surface area contributed by atoms with Crippen LogP contribution >= 0.6 is 0 Å². The van der Waals surface area contributed by atoms with E-state index in [1.165, 1.54) is 13.8 Å². The van der Waals surface area contributed by atoms with Crippen LogP contribution in [0.2, 0.25) is 0 Å². The van der Waals surface area contributed by atoms with E-state index in [0.29, 0.717) is 0 Å². The molecule has 4 unspecified atom stereocenters. The summed E-state index contributed by atoms with van der Waals surface area (Å²) < 4.78 is 0. The highest BCUT2D eigenvalue weighted by atomic mass is 16.4. The maximum absolute atomic E-state index is 11.7. The van der Waals surface area contributed by atoms with Crippen LogP contribution in [0.4, 0.5) is 0 Å². The van der Waals surface area contributed by atoms with E-state index in [4.69, 9.17) is 21.7 Å². The predicted molar refractivity (Wildman–Crippen MR) is 70.6 cm³/mol. The first-order chi connectivity index (χ1) is 9.56. The molecule has 0 aliphatic carbocycles. The number of amides is 3. The van der Waals surface area contributed by atoms with Crippen molar-refractivity contribution >= 4 is 23.7 Å². The lowest BCUT2D eigenvalue weighted by molar-refractivity contribution is -0.143. The topological polar surface area (TPSA) is 185 Å². The summed E-state index contributed by atoms with van der Waals surface area (Å²) in [7, 11) is 0. The molecule has 0 rings (SSSR count). The van der Waals surface area contributed by atoms with E-state index in [1.807, 2.05) is 0 Å². The van der Waals surface area contributed by atoms with Crippen LogP contribution < -0.4 is 22.1 Å². The maximum Gasteiger partial charge on any atom is 0.326 e. The highest BCUT2D eigenvalue weighted by molar-refractivity contribution is 5.93. The van der Waals surface area contributed by atoms with Crippen LogP contribution in [0, 0.1) is 0 Å². The van der Waals surface area contributed by atoms with E-state index in [0.717, 1.165) is 0 Å². The van der Waals surface area contributed by atoms with Gasteiger partial charge in [-0.2, -0.15) is 0 Å². The van der Waals surface area contributed by atoms with Crippen LogP contribution in [0.3, 0.4) is 0 Å². The van der Waals surface area contributed by atoms with Gasteiger partial charge in [0.05, 0.1) is 12.5 Å². The minimum absolute atomic E-state index is 0.574. The third kappa shape index (κ3) is 6.68. The number of carbonyl (C=O) groups excluding carboxylic acids is 3. The Morgan fingerprint density at radius 3 is 2.00 bits per heavy atom. The fraction of sp³-hybridized carbons (Fsp3) is 0.636. The third-order valence-corrected chi connectivity index (χ3v) is 2.59. The highest BCUT2D eigenvalue weighted by Crippen LogP contribution is 1.95. The molecule has 0 aromatic heterocycles. The van der Waals surface area contributed by atoms with Crippen molar-refractivity contribution in [3.63, 3.8) is 0 Å². The molecule has 10 nitrogen and oxygen atoms in total. The average Bonchev–Trinajstić information content (AvgIpc) is 2.35. The van der Waals surface area contributed by atoms with Crippen molar-refractivity contribution in [2.75, 3.05) is 0 Å². The van der Waals surface area contributed by atoms with E-state index >= 15 is 0 Å². The van der Waals surface area contributed by atoms with Crippen molar-refractivity contribution in [2.45, 2.75) is 44.5 Å². The molecule has 3 amide bonds. The van der Waals surface area contributed by atoms with Crippen molar-refractivity contribution in [1.29, 1.82) is 0 Å². The standard InChI is InChI=1S/C11H20N4O6/c1-4(14-10(19)8(13)5(2)16)9(18)15-6(11(20)21)3-7(12)17/h4-6,8,16H,3,13H2,1-2H3,(H2,12,17)(H,14,19)(H,15,18)(H,20,21). The van der Waals surface area contributed by atoms with Gasteiger partial charge in [0.15, 0.2) is 0 Å². The largest absolute Gasteiger partial charge is 0.480 e. The quantitative estimate of drug-likeness (QED) is 0.270. The number of primary amides is 1. The summed E-state index contributed by atoms with van der Waals surface area (Å²) in [4.78, 5) is 44.8. The zero-order chi connectivity index (χ0) is 16.7. The summed E-state index contributed by atoms with van der Waals surface area (Å²) in [5.41, 5.74) is 10.2. The Morgan fingerprint density at radius 1 is 1.10 bits per heavy atom. The van der Waals surface area contributed by atoms with Gasteiger partial charge in [0.2, 0.25) is 17.7 Å². The molecule has 0 aliphatic heterocycles. The monoisotopic (exact) mass is 304 g/mol. The summed E-state index contributed by atoms with van der Waals surface area (Å²) in [5, 5.41) is 22.3. The van der Waals surface area contributed by atoms with Crippen LogP contribution in [0.1, 0.15) is 20.3 Å². The third-order valence-electron chi connectivity index (χ3n) is 2.59. The van der Waals surface area contributed by atoms with Crippen molar-refractivity contribution in [3.05, 3.63) is 0 Å². The van der Waals surface area contributed by atoms with E-state index in [1.54, 1.807) is 0 Å². The van der Waals surface area contributed by atoms with Gasteiger partial charge in [0.25, 0.3) is 0 Å². The van der Waals surface area contributed by atoms with Gasteiger partial charge >= 0.3 is 5.97 Å². The Labute approximate surface area is 120 Å². The van der Waals surface area contributed by atoms with Crippen LogP contribution in [0.5, 0.6) is 0 Å². The molecular formula is C11H20N4O6. The number of nitrogens with two attached hydrogens (primary N) is 2. The van der Waals surface area contributed by atoms with Gasteiger partial charge in [0.1, 0.15) is 18.1 Å². The van der Waals surface area contributed by atoms with Crippen molar-refractivity contribution in [2.24, 2.45) is 11.5 Å². The molecule has 0 saturated heterocycles. The molecule has 0 radical (unpaired) electrons. The molecule has 0 fully saturated rings. The van der Waals surface area contributed by atoms with Gasteiger partial charge in [-0.25, -0.2) is 4.79 Å². The Kier molecular flexibility index (Phi) is 7.31. The fourth-order valence-corrected chi connectivity index (χ4v) is 1.29. The summed E-state index contributed by atoms with van der Waals surface area (Å²) >= 11 is 0. The first-order valence-electron chi connectivity index (χ1n) is 6.11. The normalized spacial score (nSPS) is 16.2. The van der Waals surface area contributed by atoms with E-state index < -0.39 is 54.3 Å². The summed E-state index contributed by atoms with van der Waals surface area (Å²) in [6, 6.07) is -3.81. The molecule has 21 heavy (non-hydrogen) atoms. The number of aliphatic hydroxyl groups excluding tert-OH is 1. The zero-order valence-corrected chi connectivity index (χ0v) is 11.7. The Morgan fingerprint density at radius 2 is 1.62 bits per heavy atom. The number of hydrogen-bond donors (Lipinski definition) is 6. The second kappa shape index (κ2) is 8.17. The summed E-state index contributed by atoms with van der Waals surface area (Å²) in [5.74, 6) is -3.92. The second-order valence-corrected chi connectivity index (χ2v) is 4.57. The Balaban J connectivity index is 4.59. The number of rotatable bonds is 8. The maximum atomic E-state index is 11.7. The molecular weight excluding hydrogens is 284 g/mol. The van der Waals surface area contributed by atoms with Crippen molar-refractivity contribution in [3.8, 4) is 0 Å². The van der Waals surface area contributed by atoms with Gasteiger partial charge in [-0.3, -0.25) is 14.4 Å². The number of nitrogens with one attached hydrogen (secondary N) is 2. The number of carboxylic acids is 1. The minimum atomic E-state index is -1.49. The van der Waals surface area contributed by atoms with Crippen LogP contribution in [0.15, 0.2) is 0 Å². The lowest BCUT2D eigenvalue weighted by Crippen LogP contribution is -2.55. The molecule has 120 valence electrons. The van der Waals surface area contributed by atoms with E-state index in [2.05, 4.69) is 10.6 Å². The van der Waals surface area contributed by atoms with Gasteiger partial charge in [0, 0.05) is 0 Å². The first kappa shape index (κ1) is 18.8. The van der Waals surface area contributed by atoms with E-state index in [-0.39, 0.29) is 0 Å². The van der Waals surface area contributed by atoms with Gasteiger partial charge < -0.3 is 32.3 Å². The molecule has 0 heterocycles. The molecule has 0 aromatic rings. The van der Waals surface area contributed by atoms with Crippen LogP contribution in [-0.2, 0) is 19.2 Å². The Hall–Kier alpha value is -2.20. The average molecular weight is 304 g/mol. The van der Waals surface area contributed by atoms with Crippen molar-refractivity contribution < 1.29 is 29.4 Å². The summed E-state index contributed by atoms with van der Waals surface area (Å²) in [6.07, 6.45) is -1.68. The molecule has 10 heteroatoms. The van der Waals surface area contributed by atoms with Gasteiger partial charge in [-0.05, 0) is 13.8 Å². The number of hydrogen-bond acceptors (Lipinski definition) is 6. The number of aliphatic carboxylic acids is 1. The molecule has 8 N–H and O–H groups in total. The minimum Gasteiger partial charge on any atom is -0.480 e. The number of carboxylic acid groups (broad SMARTS) is 1. The molecule has 0 aromatic carbocycles. The van der Waals surface area contributed by atoms with Gasteiger partial charge in [-0.15, -0.1) is 0 Å². The fourth-order valence-electron chi connectivity index (χ4n) is 1.29. The zero-order valence-electron chi connectivity index (χ0n) is 11.7. The second-order valence-electron chi connectivity index (χ2n) is 4.57. The molecule has 4 atom stereocenters. The Bertz CT molecular complexity index is 425. The lowest BCUT2D eigenvalue weighted by atomic mass is 10.1. The predicted octanol–water partition coefficient (Wildman–Crippen LogP) is -3.36. The summed E-state index contributed by atoms with van der Waals surface area (Å²) in [6.45, 7) is 2.60. The molecule has 0 bridgehead atoms. The van der Waals surface area contributed by atoms with Crippen LogP contribution in [-0.4, -0.2) is 58.1 Å². The molecule has 0 saturated carbocycles. The lowest BCUT2D eigenvalue weighted by Gasteiger charge is -2.20.